The normalized spacial score (nSPS) is 17.5. The van der Waals surface area contributed by atoms with Crippen LogP contribution in [-0.4, -0.2) is 31.3 Å². The van der Waals surface area contributed by atoms with E-state index in [0.29, 0.717) is 0 Å². The van der Waals surface area contributed by atoms with E-state index in [4.69, 9.17) is 11.6 Å². The Morgan fingerprint density at radius 2 is 2.12 bits per heavy atom. The van der Waals surface area contributed by atoms with E-state index in [-0.39, 0.29) is 6.10 Å². The molecule has 1 fully saturated rings. The maximum absolute atomic E-state index is 9.49. The number of benzene rings is 1. The largest absolute Gasteiger partial charge is 0.393 e. The smallest absolute Gasteiger partial charge is 0.0642 e. The molecule has 3 nitrogen and oxygen atoms in total. The number of hydrogen-bond acceptors (Lipinski definition) is 3. The van der Waals surface area contributed by atoms with Gasteiger partial charge in [0, 0.05) is 19.6 Å². The van der Waals surface area contributed by atoms with Crippen molar-refractivity contribution in [1.82, 2.24) is 5.32 Å². The molecule has 17 heavy (non-hydrogen) atoms. The van der Waals surface area contributed by atoms with Crippen LogP contribution in [0.15, 0.2) is 18.2 Å². The number of nitrogens with zero attached hydrogens (tertiary/aromatic N) is 1. The Morgan fingerprint density at radius 3 is 2.71 bits per heavy atom. The summed E-state index contributed by atoms with van der Waals surface area (Å²) in [4.78, 5) is 2.25. The van der Waals surface area contributed by atoms with Crippen LogP contribution in [0.1, 0.15) is 18.4 Å². The molecule has 0 spiro atoms. The third kappa shape index (κ3) is 3.12. The number of aliphatic hydroxyl groups is 1. The highest BCUT2D eigenvalue weighted by Gasteiger charge is 2.18. The van der Waals surface area contributed by atoms with E-state index >= 15 is 0 Å². The fourth-order valence-corrected chi connectivity index (χ4v) is 2.55. The highest BCUT2D eigenvalue weighted by atomic mass is 35.5. The predicted octanol–water partition coefficient (Wildman–Crippen LogP) is 2.02. The van der Waals surface area contributed by atoms with Crippen LogP contribution in [0.3, 0.4) is 0 Å². The maximum Gasteiger partial charge on any atom is 0.0642 e. The van der Waals surface area contributed by atoms with Gasteiger partial charge in [0.15, 0.2) is 0 Å². The summed E-state index contributed by atoms with van der Waals surface area (Å²) in [6.45, 7) is 2.59. The molecule has 0 aliphatic carbocycles. The van der Waals surface area contributed by atoms with Gasteiger partial charge in [-0.05, 0) is 37.6 Å². The first-order chi connectivity index (χ1) is 8.20. The minimum absolute atomic E-state index is 0.145. The summed E-state index contributed by atoms with van der Waals surface area (Å²) in [6, 6.07) is 6.19. The van der Waals surface area contributed by atoms with E-state index in [2.05, 4.69) is 22.3 Å². The van der Waals surface area contributed by atoms with Gasteiger partial charge in [-0.25, -0.2) is 0 Å². The first-order valence-corrected chi connectivity index (χ1v) is 6.44. The average Bonchev–Trinajstić information content (AvgIpc) is 2.31. The van der Waals surface area contributed by atoms with Crippen molar-refractivity contribution < 1.29 is 5.11 Å². The van der Waals surface area contributed by atoms with Crippen molar-refractivity contribution in [3.05, 3.63) is 28.8 Å². The van der Waals surface area contributed by atoms with Gasteiger partial charge in [0.05, 0.1) is 16.8 Å². The lowest BCUT2D eigenvalue weighted by Crippen LogP contribution is -2.35. The molecule has 1 aromatic rings. The third-order valence-electron chi connectivity index (χ3n) is 3.20. The fourth-order valence-electron chi connectivity index (χ4n) is 2.23. The molecule has 1 aliphatic heterocycles. The highest BCUT2D eigenvalue weighted by Crippen LogP contribution is 2.29. The Bertz CT molecular complexity index is 376. The van der Waals surface area contributed by atoms with E-state index < -0.39 is 0 Å². The first kappa shape index (κ1) is 12.7. The number of piperidine rings is 1. The summed E-state index contributed by atoms with van der Waals surface area (Å²) in [7, 11) is 1.92. The third-order valence-corrected chi connectivity index (χ3v) is 3.50. The van der Waals surface area contributed by atoms with Crippen LogP contribution in [0.5, 0.6) is 0 Å². The molecule has 1 heterocycles. The molecule has 1 saturated heterocycles. The number of halogens is 1. The second kappa shape index (κ2) is 5.71. The van der Waals surface area contributed by atoms with Crippen LogP contribution in [-0.2, 0) is 6.54 Å². The Balaban J connectivity index is 2.10. The molecule has 0 aromatic heterocycles. The minimum atomic E-state index is -0.145. The molecule has 2 rings (SSSR count). The molecule has 0 unspecified atom stereocenters. The molecule has 2 N–H and O–H groups in total. The van der Waals surface area contributed by atoms with Gasteiger partial charge in [0.2, 0.25) is 0 Å². The van der Waals surface area contributed by atoms with Crippen LogP contribution in [0.2, 0.25) is 5.02 Å². The van der Waals surface area contributed by atoms with Gasteiger partial charge >= 0.3 is 0 Å². The summed E-state index contributed by atoms with van der Waals surface area (Å²) in [5.74, 6) is 0. The zero-order valence-electron chi connectivity index (χ0n) is 10.1. The van der Waals surface area contributed by atoms with Crippen LogP contribution >= 0.6 is 11.6 Å². The lowest BCUT2D eigenvalue weighted by atomic mass is 10.1. The maximum atomic E-state index is 9.49. The Hall–Kier alpha value is -0.770. The monoisotopic (exact) mass is 254 g/mol. The van der Waals surface area contributed by atoms with Crippen LogP contribution in [0.4, 0.5) is 5.69 Å². The topological polar surface area (TPSA) is 35.5 Å². The summed E-state index contributed by atoms with van der Waals surface area (Å²) in [6.07, 6.45) is 1.51. The lowest BCUT2D eigenvalue weighted by Gasteiger charge is -2.32. The number of nitrogens with one attached hydrogen (secondary N) is 1. The summed E-state index contributed by atoms with van der Waals surface area (Å²) in [5, 5.41) is 13.4. The van der Waals surface area contributed by atoms with Crippen molar-refractivity contribution in [2.45, 2.75) is 25.5 Å². The Morgan fingerprint density at radius 1 is 1.41 bits per heavy atom. The van der Waals surface area contributed by atoms with Gasteiger partial charge in [-0.2, -0.15) is 0 Å². The molecule has 0 radical (unpaired) electrons. The zero-order chi connectivity index (χ0) is 12.3. The van der Waals surface area contributed by atoms with Gasteiger partial charge < -0.3 is 15.3 Å². The second-order valence-electron chi connectivity index (χ2n) is 4.53. The molecule has 94 valence electrons. The SMILES string of the molecule is CNCc1ccc(N2CCC(O)CC2)c(Cl)c1. The summed E-state index contributed by atoms with van der Waals surface area (Å²) >= 11 is 6.30. The molecule has 4 heteroatoms. The molecule has 0 saturated carbocycles. The van der Waals surface area contributed by atoms with Crippen LogP contribution < -0.4 is 10.2 Å². The summed E-state index contributed by atoms with van der Waals surface area (Å²) < 4.78 is 0. The zero-order valence-corrected chi connectivity index (χ0v) is 10.9. The Labute approximate surface area is 107 Å². The van der Waals surface area contributed by atoms with Crippen molar-refractivity contribution in [2.75, 3.05) is 25.0 Å². The van der Waals surface area contributed by atoms with Gasteiger partial charge in [0.25, 0.3) is 0 Å². The quantitative estimate of drug-likeness (QED) is 0.866. The van der Waals surface area contributed by atoms with Gasteiger partial charge in [-0.15, -0.1) is 0 Å². The molecular weight excluding hydrogens is 236 g/mol. The highest BCUT2D eigenvalue weighted by molar-refractivity contribution is 6.33. The van der Waals surface area contributed by atoms with Gasteiger partial charge in [-0.1, -0.05) is 17.7 Å². The number of hydrogen-bond donors (Lipinski definition) is 2. The fraction of sp³-hybridized carbons (Fsp3) is 0.538. The standard InChI is InChI=1S/C13H19ClN2O/c1-15-9-10-2-3-13(12(14)8-10)16-6-4-11(17)5-7-16/h2-3,8,11,15,17H,4-7,9H2,1H3. The molecule has 0 bridgehead atoms. The lowest BCUT2D eigenvalue weighted by molar-refractivity contribution is 0.145. The number of aliphatic hydroxyl groups excluding tert-OH is 1. The molecule has 1 aromatic carbocycles. The number of rotatable bonds is 3. The molecular formula is C13H19ClN2O. The number of anilines is 1. The van der Waals surface area contributed by atoms with Gasteiger partial charge in [0.1, 0.15) is 0 Å². The van der Waals surface area contributed by atoms with Crippen molar-refractivity contribution in [2.24, 2.45) is 0 Å². The molecule has 0 amide bonds. The minimum Gasteiger partial charge on any atom is -0.393 e. The van der Waals surface area contributed by atoms with E-state index in [1.165, 1.54) is 5.56 Å². The van der Waals surface area contributed by atoms with Crippen molar-refractivity contribution in [3.63, 3.8) is 0 Å². The van der Waals surface area contributed by atoms with Crippen molar-refractivity contribution in [3.8, 4) is 0 Å². The average molecular weight is 255 g/mol. The summed E-state index contributed by atoms with van der Waals surface area (Å²) in [5.41, 5.74) is 2.27. The van der Waals surface area contributed by atoms with Crippen molar-refractivity contribution >= 4 is 17.3 Å². The van der Waals surface area contributed by atoms with Gasteiger partial charge in [-0.3, -0.25) is 0 Å². The first-order valence-electron chi connectivity index (χ1n) is 6.06. The Kier molecular flexibility index (Phi) is 4.26. The van der Waals surface area contributed by atoms with Crippen molar-refractivity contribution in [1.29, 1.82) is 0 Å². The van der Waals surface area contributed by atoms with Crippen LogP contribution in [0, 0.1) is 0 Å². The molecule has 1 aliphatic rings. The molecule has 0 atom stereocenters. The predicted molar refractivity (Wildman–Crippen MR) is 71.7 cm³/mol. The van der Waals surface area contributed by atoms with Crippen LogP contribution in [0.25, 0.3) is 0 Å². The van der Waals surface area contributed by atoms with E-state index in [9.17, 15) is 5.11 Å². The van der Waals surface area contributed by atoms with E-state index in [1.54, 1.807) is 0 Å². The van der Waals surface area contributed by atoms with E-state index in [0.717, 1.165) is 43.2 Å². The second-order valence-corrected chi connectivity index (χ2v) is 4.94. The van der Waals surface area contributed by atoms with E-state index in [1.807, 2.05) is 13.1 Å².